The summed E-state index contributed by atoms with van der Waals surface area (Å²) in [6.07, 6.45) is 3.61. The average Bonchev–Trinajstić information content (AvgIpc) is 2.18. The van der Waals surface area contributed by atoms with Gasteiger partial charge >= 0.3 is 0 Å². The lowest BCUT2D eigenvalue weighted by atomic mass is 10.4. The molecule has 0 heterocycles. The second kappa shape index (κ2) is 5.56. The zero-order chi connectivity index (χ0) is 11.3. The van der Waals surface area contributed by atoms with Crippen LogP contribution in [0.15, 0.2) is 34.1 Å². The van der Waals surface area contributed by atoms with Crippen molar-refractivity contribution in [1.82, 2.24) is 0 Å². The molecule has 0 aromatic heterocycles. The SMILES string of the molecule is CCCCSc1ccc(S(C)(=O)=O)cc1. The lowest BCUT2D eigenvalue weighted by Crippen LogP contribution is -1.95. The Morgan fingerprint density at radius 3 is 2.27 bits per heavy atom. The monoisotopic (exact) mass is 244 g/mol. The fourth-order valence-corrected chi connectivity index (χ4v) is 2.75. The van der Waals surface area contributed by atoms with Gasteiger partial charge in [-0.1, -0.05) is 13.3 Å². The topological polar surface area (TPSA) is 34.1 Å². The third-order valence-electron chi connectivity index (χ3n) is 2.02. The maximum atomic E-state index is 11.2. The molecule has 0 fully saturated rings. The summed E-state index contributed by atoms with van der Waals surface area (Å²) in [4.78, 5) is 1.53. The van der Waals surface area contributed by atoms with E-state index in [-0.39, 0.29) is 0 Å². The minimum Gasteiger partial charge on any atom is -0.224 e. The maximum absolute atomic E-state index is 11.2. The van der Waals surface area contributed by atoms with Gasteiger partial charge in [0.05, 0.1) is 4.90 Å². The summed E-state index contributed by atoms with van der Waals surface area (Å²) in [6, 6.07) is 7.08. The van der Waals surface area contributed by atoms with Crippen LogP contribution in [0.3, 0.4) is 0 Å². The van der Waals surface area contributed by atoms with Crippen molar-refractivity contribution < 1.29 is 8.42 Å². The molecule has 15 heavy (non-hydrogen) atoms. The van der Waals surface area contributed by atoms with E-state index < -0.39 is 9.84 Å². The van der Waals surface area contributed by atoms with Gasteiger partial charge in [0, 0.05) is 11.2 Å². The number of benzene rings is 1. The molecule has 4 heteroatoms. The molecular formula is C11H16O2S2. The van der Waals surface area contributed by atoms with Crippen LogP contribution in [0.2, 0.25) is 0 Å². The Labute approximate surface area is 96.0 Å². The normalized spacial score (nSPS) is 11.6. The van der Waals surface area contributed by atoms with Crippen molar-refractivity contribution in [1.29, 1.82) is 0 Å². The number of sulfone groups is 1. The summed E-state index contributed by atoms with van der Waals surface area (Å²) in [6.45, 7) is 2.16. The van der Waals surface area contributed by atoms with Gasteiger partial charge in [0.1, 0.15) is 0 Å². The van der Waals surface area contributed by atoms with Crippen molar-refractivity contribution in [2.75, 3.05) is 12.0 Å². The van der Waals surface area contributed by atoms with E-state index in [1.807, 2.05) is 12.1 Å². The van der Waals surface area contributed by atoms with Gasteiger partial charge in [0.2, 0.25) is 0 Å². The van der Waals surface area contributed by atoms with Crippen molar-refractivity contribution in [3.8, 4) is 0 Å². The molecule has 0 aliphatic carbocycles. The van der Waals surface area contributed by atoms with Crippen LogP contribution in [-0.2, 0) is 9.84 Å². The molecule has 1 aromatic rings. The van der Waals surface area contributed by atoms with Crippen molar-refractivity contribution in [3.05, 3.63) is 24.3 Å². The van der Waals surface area contributed by atoms with Gasteiger partial charge in [-0.3, -0.25) is 0 Å². The molecule has 0 amide bonds. The van der Waals surface area contributed by atoms with Crippen LogP contribution in [0.4, 0.5) is 0 Å². The highest BCUT2D eigenvalue weighted by atomic mass is 32.2. The van der Waals surface area contributed by atoms with Gasteiger partial charge in [0.25, 0.3) is 0 Å². The molecule has 0 aliphatic heterocycles. The largest absolute Gasteiger partial charge is 0.224 e. The average molecular weight is 244 g/mol. The highest BCUT2D eigenvalue weighted by Gasteiger charge is 2.05. The van der Waals surface area contributed by atoms with Gasteiger partial charge in [0.15, 0.2) is 9.84 Å². The fraction of sp³-hybridized carbons (Fsp3) is 0.455. The van der Waals surface area contributed by atoms with Crippen LogP contribution in [0.5, 0.6) is 0 Å². The number of rotatable bonds is 5. The fourth-order valence-electron chi connectivity index (χ4n) is 1.12. The van der Waals surface area contributed by atoms with Crippen LogP contribution in [0.1, 0.15) is 19.8 Å². The molecule has 0 radical (unpaired) electrons. The summed E-state index contributed by atoms with van der Waals surface area (Å²) in [5.41, 5.74) is 0. The van der Waals surface area contributed by atoms with Crippen LogP contribution >= 0.6 is 11.8 Å². The van der Waals surface area contributed by atoms with Crippen LogP contribution in [-0.4, -0.2) is 20.4 Å². The minimum atomic E-state index is -3.05. The van der Waals surface area contributed by atoms with E-state index >= 15 is 0 Å². The number of hydrogen-bond donors (Lipinski definition) is 0. The van der Waals surface area contributed by atoms with E-state index in [0.717, 1.165) is 10.6 Å². The first-order valence-corrected chi connectivity index (χ1v) is 7.84. The zero-order valence-electron chi connectivity index (χ0n) is 9.06. The molecule has 0 saturated carbocycles. The second-order valence-corrected chi connectivity index (χ2v) is 6.63. The molecule has 0 bridgehead atoms. The molecule has 1 aromatic carbocycles. The van der Waals surface area contributed by atoms with Crippen LogP contribution in [0.25, 0.3) is 0 Å². The predicted molar refractivity (Wildman–Crippen MR) is 65.2 cm³/mol. The Kier molecular flexibility index (Phi) is 4.67. The second-order valence-electron chi connectivity index (χ2n) is 3.45. The van der Waals surface area contributed by atoms with Gasteiger partial charge in [-0.15, -0.1) is 11.8 Å². The molecule has 0 N–H and O–H groups in total. The number of unbranched alkanes of at least 4 members (excludes halogenated alkanes) is 1. The first-order chi connectivity index (χ1) is 7.04. The van der Waals surface area contributed by atoms with Gasteiger partial charge < -0.3 is 0 Å². The molecule has 0 spiro atoms. The quantitative estimate of drug-likeness (QED) is 0.590. The number of thioether (sulfide) groups is 1. The van der Waals surface area contributed by atoms with Gasteiger partial charge in [-0.2, -0.15) is 0 Å². The molecule has 0 unspecified atom stereocenters. The molecule has 0 aliphatic rings. The summed E-state index contributed by atoms with van der Waals surface area (Å²) in [5.74, 6) is 1.09. The molecule has 84 valence electrons. The van der Waals surface area contributed by atoms with Crippen LogP contribution < -0.4 is 0 Å². The first-order valence-electron chi connectivity index (χ1n) is 4.97. The summed E-state index contributed by atoms with van der Waals surface area (Å²) in [7, 11) is -3.05. The number of hydrogen-bond acceptors (Lipinski definition) is 3. The summed E-state index contributed by atoms with van der Waals surface area (Å²) >= 11 is 1.77. The predicted octanol–water partition coefficient (Wildman–Crippen LogP) is 2.98. The van der Waals surface area contributed by atoms with Crippen molar-refractivity contribution in [2.24, 2.45) is 0 Å². The molecule has 0 saturated heterocycles. The Balaban J connectivity index is 2.65. The van der Waals surface area contributed by atoms with E-state index in [4.69, 9.17) is 0 Å². The Morgan fingerprint density at radius 2 is 1.80 bits per heavy atom. The Morgan fingerprint density at radius 1 is 1.20 bits per heavy atom. The van der Waals surface area contributed by atoms with Crippen molar-refractivity contribution in [3.63, 3.8) is 0 Å². The van der Waals surface area contributed by atoms with E-state index in [2.05, 4.69) is 6.92 Å². The standard InChI is InChI=1S/C11H16O2S2/c1-3-4-9-14-10-5-7-11(8-6-10)15(2,12)13/h5-8H,3-4,9H2,1-2H3. The van der Waals surface area contributed by atoms with E-state index in [0.29, 0.717) is 4.90 Å². The first kappa shape index (κ1) is 12.6. The third-order valence-corrected chi connectivity index (χ3v) is 4.25. The lowest BCUT2D eigenvalue weighted by Gasteiger charge is -2.02. The van der Waals surface area contributed by atoms with Crippen LogP contribution in [0, 0.1) is 0 Å². The van der Waals surface area contributed by atoms with Crippen molar-refractivity contribution in [2.45, 2.75) is 29.6 Å². The van der Waals surface area contributed by atoms with E-state index in [1.54, 1.807) is 23.9 Å². The van der Waals surface area contributed by atoms with Gasteiger partial charge in [-0.05, 0) is 36.4 Å². The van der Waals surface area contributed by atoms with E-state index in [1.165, 1.54) is 19.1 Å². The molecule has 1 rings (SSSR count). The Hall–Kier alpha value is -0.480. The highest BCUT2D eigenvalue weighted by Crippen LogP contribution is 2.21. The lowest BCUT2D eigenvalue weighted by molar-refractivity contribution is 0.602. The molecule has 2 nitrogen and oxygen atoms in total. The third kappa shape index (κ3) is 4.26. The highest BCUT2D eigenvalue weighted by molar-refractivity contribution is 7.99. The summed E-state index contributed by atoms with van der Waals surface area (Å²) in [5, 5.41) is 0. The smallest absolute Gasteiger partial charge is 0.175 e. The molecule has 0 atom stereocenters. The molecular weight excluding hydrogens is 228 g/mol. The van der Waals surface area contributed by atoms with Gasteiger partial charge in [-0.25, -0.2) is 8.42 Å². The Bertz CT molecular complexity index is 393. The minimum absolute atomic E-state index is 0.391. The zero-order valence-corrected chi connectivity index (χ0v) is 10.7. The van der Waals surface area contributed by atoms with Crippen molar-refractivity contribution >= 4 is 21.6 Å². The van der Waals surface area contributed by atoms with E-state index in [9.17, 15) is 8.42 Å². The summed E-state index contributed by atoms with van der Waals surface area (Å²) < 4.78 is 22.4. The maximum Gasteiger partial charge on any atom is 0.175 e.